The average Bonchev–Trinajstić information content (AvgIpc) is 3.30. The van der Waals surface area contributed by atoms with Crippen molar-refractivity contribution in [2.75, 3.05) is 18.8 Å². The number of rotatable bonds is 8. The maximum absolute atomic E-state index is 13.7. The number of hydrogen-bond donors (Lipinski definition) is 0. The van der Waals surface area contributed by atoms with Crippen LogP contribution in [-0.4, -0.2) is 44.4 Å². The Hall–Kier alpha value is -2.35. The summed E-state index contributed by atoms with van der Waals surface area (Å²) in [5, 5.41) is 8.91. The molecule has 6 nitrogen and oxygen atoms in total. The fourth-order valence-corrected chi connectivity index (χ4v) is 3.60. The van der Waals surface area contributed by atoms with E-state index in [9.17, 15) is 9.18 Å². The van der Waals surface area contributed by atoms with E-state index in [0.717, 1.165) is 25.9 Å². The van der Waals surface area contributed by atoms with Crippen molar-refractivity contribution in [3.8, 4) is 5.75 Å². The predicted molar refractivity (Wildman–Crippen MR) is 97.5 cm³/mol. The summed E-state index contributed by atoms with van der Waals surface area (Å²) in [5.41, 5.74) is 0. The number of likely N-dealkylation sites (tertiary alicyclic amines) is 1. The molecule has 0 radical (unpaired) electrons. The number of ether oxygens (including phenoxy) is 1. The van der Waals surface area contributed by atoms with Crippen LogP contribution in [0.1, 0.15) is 18.7 Å². The van der Waals surface area contributed by atoms with Crippen LogP contribution < -0.4 is 4.74 Å². The molecular weight excluding hydrogens is 355 g/mol. The second-order valence-corrected chi connectivity index (χ2v) is 6.84. The zero-order chi connectivity index (χ0) is 18.4. The number of para-hydroxylation sites is 1. The number of aromatic nitrogens is 3. The second-order valence-electron chi connectivity index (χ2n) is 5.89. The first kappa shape index (κ1) is 18.4. The summed E-state index contributed by atoms with van der Waals surface area (Å²) in [6.07, 6.45) is 3.86. The molecule has 26 heavy (non-hydrogen) atoms. The molecule has 1 aliphatic rings. The third-order valence-electron chi connectivity index (χ3n) is 4.08. The van der Waals surface area contributed by atoms with E-state index in [1.807, 2.05) is 9.47 Å². The Morgan fingerprint density at radius 3 is 2.81 bits per heavy atom. The minimum atomic E-state index is -0.423. The Balaban J connectivity index is 1.64. The van der Waals surface area contributed by atoms with Gasteiger partial charge in [-0.3, -0.25) is 9.36 Å². The highest BCUT2D eigenvalue weighted by molar-refractivity contribution is 7.99. The molecule has 1 fully saturated rings. The molecule has 2 aromatic rings. The highest BCUT2D eigenvalue weighted by Crippen LogP contribution is 2.21. The standard InChI is InChI=1S/C18H21FN4O2S/c1-2-9-23-16(12-25-15-8-4-3-7-14(15)19)20-21-18(23)26-13-17(24)22-10-5-6-11-22/h2-4,7-8H,1,5-6,9-13H2. The van der Waals surface area contributed by atoms with E-state index in [2.05, 4.69) is 16.8 Å². The van der Waals surface area contributed by atoms with Crippen molar-refractivity contribution in [1.29, 1.82) is 0 Å². The van der Waals surface area contributed by atoms with Crippen LogP contribution in [0.5, 0.6) is 5.75 Å². The van der Waals surface area contributed by atoms with Gasteiger partial charge < -0.3 is 9.64 Å². The molecule has 0 atom stereocenters. The van der Waals surface area contributed by atoms with Gasteiger partial charge in [-0.15, -0.1) is 16.8 Å². The van der Waals surface area contributed by atoms with Crippen molar-refractivity contribution in [2.45, 2.75) is 31.1 Å². The highest BCUT2D eigenvalue weighted by atomic mass is 32.2. The van der Waals surface area contributed by atoms with E-state index >= 15 is 0 Å². The normalized spacial score (nSPS) is 13.8. The number of amides is 1. The Kier molecular flexibility index (Phi) is 6.27. The number of nitrogens with zero attached hydrogens (tertiary/aromatic N) is 4. The summed E-state index contributed by atoms with van der Waals surface area (Å²) >= 11 is 1.35. The summed E-state index contributed by atoms with van der Waals surface area (Å²) in [7, 11) is 0. The van der Waals surface area contributed by atoms with Crippen LogP contribution >= 0.6 is 11.8 Å². The molecule has 8 heteroatoms. The molecule has 0 unspecified atom stereocenters. The molecule has 1 aromatic heterocycles. The quantitative estimate of drug-likeness (QED) is 0.524. The van der Waals surface area contributed by atoms with Crippen LogP contribution in [0, 0.1) is 5.82 Å². The van der Waals surface area contributed by atoms with E-state index < -0.39 is 5.82 Å². The summed E-state index contributed by atoms with van der Waals surface area (Å²) in [4.78, 5) is 14.1. The van der Waals surface area contributed by atoms with Gasteiger partial charge in [0.1, 0.15) is 6.61 Å². The largest absolute Gasteiger partial charge is 0.483 e. The first-order valence-corrected chi connectivity index (χ1v) is 9.48. The maximum Gasteiger partial charge on any atom is 0.233 e. The maximum atomic E-state index is 13.7. The van der Waals surface area contributed by atoms with Gasteiger partial charge in [-0.2, -0.15) is 0 Å². The summed E-state index contributed by atoms with van der Waals surface area (Å²) in [6.45, 7) is 5.99. The molecule has 0 N–H and O–H groups in total. The SMILES string of the molecule is C=CCn1c(COc2ccccc2F)nnc1SCC(=O)N1CCCC1. The third kappa shape index (κ3) is 4.43. The van der Waals surface area contributed by atoms with Crippen LogP contribution in [-0.2, 0) is 17.9 Å². The number of halogens is 1. The minimum absolute atomic E-state index is 0.0857. The molecule has 2 heterocycles. The Morgan fingerprint density at radius 2 is 2.08 bits per heavy atom. The van der Waals surface area contributed by atoms with E-state index in [4.69, 9.17) is 4.74 Å². The highest BCUT2D eigenvalue weighted by Gasteiger charge is 2.20. The van der Waals surface area contributed by atoms with Gasteiger partial charge in [-0.1, -0.05) is 30.0 Å². The van der Waals surface area contributed by atoms with Crippen LogP contribution in [0.3, 0.4) is 0 Å². The zero-order valence-corrected chi connectivity index (χ0v) is 15.3. The molecule has 138 valence electrons. The van der Waals surface area contributed by atoms with Gasteiger partial charge >= 0.3 is 0 Å². The van der Waals surface area contributed by atoms with Crippen LogP contribution in [0.2, 0.25) is 0 Å². The molecule has 0 aliphatic carbocycles. The number of carbonyl (C=O) groups is 1. The van der Waals surface area contributed by atoms with Crippen molar-refractivity contribution < 1.29 is 13.9 Å². The Labute approximate surface area is 156 Å². The van der Waals surface area contributed by atoms with Gasteiger partial charge in [0.2, 0.25) is 5.91 Å². The predicted octanol–water partition coefficient (Wildman–Crippen LogP) is 2.90. The third-order valence-corrected chi connectivity index (χ3v) is 5.03. The smallest absolute Gasteiger partial charge is 0.233 e. The minimum Gasteiger partial charge on any atom is -0.483 e. The fourth-order valence-electron chi connectivity index (χ4n) is 2.73. The van der Waals surface area contributed by atoms with Crippen molar-refractivity contribution in [1.82, 2.24) is 19.7 Å². The molecule has 0 saturated carbocycles. The van der Waals surface area contributed by atoms with E-state index in [1.54, 1.807) is 24.3 Å². The van der Waals surface area contributed by atoms with Crippen molar-refractivity contribution in [3.05, 3.63) is 48.6 Å². The Bertz CT molecular complexity index is 774. The fraction of sp³-hybridized carbons (Fsp3) is 0.389. The lowest BCUT2D eigenvalue weighted by Crippen LogP contribution is -2.29. The Morgan fingerprint density at radius 1 is 1.31 bits per heavy atom. The van der Waals surface area contributed by atoms with E-state index in [1.165, 1.54) is 17.8 Å². The van der Waals surface area contributed by atoms with E-state index in [-0.39, 0.29) is 18.3 Å². The first-order valence-electron chi connectivity index (χ1n) is 8.50. The number of benzene rings is 1. The number of allylic oxidation sites excluding steroid dienone is 1. The summed E-state index contributed by atoms with van der Waals surface area (Å²) in [5.74, 6) is 0.741. The summed E-state index contributed by atoms with van der Waals surface area (Å²) in [6, 6.07) is 6.22. The molecule has 1 aromatic carbocycles. The molecule has 3 rings (SSSR count). The topological polar surface area (TPSA) is 60.2 Å². The van der Waals surface area contributed by atoms with Gasteiger partial charge in [0.05, 0.1) is 5.75 Å². The molecule has 1 amide bonds. The van der Waals surface area contributed by atoms with Gasteiger partial charge in [0, 0.05) is 19.6 Å². The molecule has 1 saturated heterocycles. The van der Waals surface area contributed by atoms with Gasteiger partial charge in [-0.05, 0) is 25.0 Å². The number of thioether (sulfide) groups is 1. The molecule has 0 bridgehead atoms. The molecule has 0 spiro atoms. The summed E-state index contributed by atoms with van der Waals surface area (Å²) < 4.78 is 21.0. The second kappa shape index (κ2) is 8.84. The van der Waals surface area contributed by atoms with Crippen molar-refractivity contribution >= 4 is 17.7 Å². The lowest BCUT2D eigenvalue weighted by Gasteiger charge is -2.14. The van der Waals surface area contributed by atoms with Gasteiger partial charge in [-0.25, -0.2) is 4.39 Å². The monoisotopic (exact) mass is 376 g/mol. The van der Waals surface area contributed by atoms with Crippen LogP contribution in [0.25, 0.3) is 0 Å². The zero-order valence-electron chi connectivity index (χ0n) is 14.4. The lowest BCUT2D eigenvalue weighted by atomic mass is 10.3. The van der Waals surface area contributed by atoms with Crippen molar-refractivity contribution in [2.24, 2.45) is 0 Å². The molecule has 1 aliphatic heterocycles. The number of carbonyl (C=O) groups excluding carboxylic acids is 1. The average molecular weight is 376 g/mol. The number of hydrogen-bond acceptors (Lipinski definition) is 5. The van der Waals surface area contributed by atoms with E-state index in [0.29, 0.717) is 23.3 Å². The van der Waals surface area contributed by atoms with Gasteiger partial charge in [0.15, 0.2) is 22.5 Å². The van der Waals surface area contributed by atoms with Crippen molar-refractivity contribution in [3.63, 3.8) is 0 Å². The van der Waals surface area contributed by atoms with Crippen LogP contribution in [0.15, 0.2) is 42.1 Å². The van der Waals surface area contributed by atoms with Gasteiger partial charge in [0.25, 0.3) is 0 Å². The lowest BCUT2D eigenvalue weighted by molar-refractivity contribution is -0.127. The first-order chi connectivity index (χ1) is 12.7. The molecular formula is C18H21FN4O2S. The van der Waals surface area contributed by atoms with Crippen LogP contribution in [0.4, 0.5) is 4.39 Å².